The van der Waals surface area contributed by atoms with Crippen molar-refractivity contribution < 1.29 is 0 Å². The molecule has 1 unspecified atom stereocenters. The van der Waals surface area contributed by atoms with E-state index in [2.05, 4.69) is 63.5 Å². The summed E-state index contributed by atoms with van der Waals surface area (Å²) >= 11 is 0. The van der Waals surface area contributed by atoms with Gasteiger partial charge in [-0.2, -0.15) is 0 Å². The maximum atomic E-state index is 4.50. The molecule has 2 aromatic carbocycles. The highest BCUT2D eigenvalue weighted by Gasteiger charge is 2.27. The number of hydrogen-bond donors (Lipinski definition) is 1. The van der Waals surface area contributed by atoms with E-state index in [1.807, 2.05) is 24.3 Å². The number of aromatic nitrogens is 2. The molecule has 4 heteroatoms. The van der Waals surface area contributed by atoms with E-state index < -0.39 is 0 Å². The lowest BCUT2D eigenvalue weighted by Crippen LogP contribution is -2.25. The zero-order valence-corrected chi connectivity index (χ0v) is 13.7. The fraction of sp³-hybridized carbons (Fsp3) is 0.200. The third kappa shape index (κ3) is 2.83. The Balaban J connectivity index is 1.57. The quantitative estimate of drug-likeness (QED) is 0.784. The minimum Gasteiger partial charge on any atom is -0.366 e. The second-order valence-corrected chi connectivity index (χ2v) is 6.15. The van der Waals surface area contributed by atoms with Crippen molar-refractivity contribution in [2.45, 2.75) is 25.9 Å². The molecule has 0 radical (unpaired) electrons. The number of rotatable bonds is 4. The molecule has 0 spiro atoms. The number of para-hydroxylation sites is 1. The van der Waals surface area contributed by atoms with Crippen molar-refractivity contribution >= 4 is 17.3 Å². The van der Waals surface area contributed by atoms with Gasteiger partial charge in [0.2, 0.25) is 0 Å². The van der Waals surface area contributed by atoms with Crippen LogP contribution in [0.2, 0.25) is 0 Å². The Labute approximate surface area is 142 Å². The number of nitrogens with one attached hydrogen (secondary N) is 1. The van der Waals surface area contributed by atoms with Crippen molar-refractivity contribution in [3.8, 4) is 0 Å². The van der Waals surface area contributed by atoms with Crippen LogP contribution in [0.5, 0.6) is 0 Å². The first-order chi connectivity index (χ1) is 11.8. The second kappa shape index (κ2) is 6.32. The highest BCUT2D eigenvalue weighted by molar-refractivity contribution is 5.69. The molecule has 0 bridgehead atoms. The molecule has 4 nitrogen and oxygen atoms in total. The van der Waals surface area contributed by atoms with Crippen LogP contribution in [0, 0.1) is 0 Å². The lowest BCUT2D eigenvalue weighted by Gasteiger charge is -2.24. The molecule has 1 aliphatic rings. The van der Waals surface area contributed by atoms with Crippen LogP contribution in [0.3, 0.4) is 0 Å². The number of benzene rings is 2. The molecule has 4 rings (SSSR count). The van der Waals surface area contributed by atoms with E-state index in [0.717, 1.165) is 24.6 Å². The van der Waals surface area contributed by atoms with Gasteiger partial charge in [0.1, 0.15) is 18.0 Å². The van der Waals surface area contributed by atoms with Gasteiger partial charge in [0.25, 0.3) is 0 Å². The monoisotopic (exact) mass is 316 g/mol. The van der Waals surface area contributed by atoms with Gasteiger partial charge in [-0.15, -0.1) is 0 Å². The summed E-state index contributed by atoms with van der Waals surface area (Å²) in [5.41, 5.74) is 3.86. The summed E-state index contributed by atoms with van der Waals surface area (Å²) in [6, 6.07) is 21.3. The standard InChI is InChI=1S/C20H20N4/c1-15-11-17-9-5-6-10-18(17)24(15)20-12-19(22-14-23-20)21-13-16-7-3-2-4-8-16/h2-10,12,14-15H,11,13H2,1H3,(H,21,22,23). The Morgan fingerprint density at radius 3 is 2.71 bits per heavy atom. The minimum absolute atomic E-state index is 0.402. The van der Waals surface area contributed by atoms with Crippen molar-refractivity contribution in [1.29, 1.82) is 0 Å². The summed E-state index contributed by atoms with van der Waals surface area (Å²) in [5.74, 6) is 1.79. The first-order valence-corrected chi connectivity index (χ1v) is 8.28. The average Bonchev–Trinajstić information content (AvgIpc) is 2.97. The summed E-state index contributed by atoms with van der Waals surface area (Å²) in [5, 5.41) is 3.39. The van der Waals surface area contributed by atoms with E-state index in [4.69, 9.17) is 0 Å². The number of hydrogen-bond acceptors (Lipinski definition) is 4. The molecule has 0 aliphatic carbocycles. The van der Waals surface area contributed by atoms with Crippen LogP contribution in [0.1, 0.15) is 18.1 Å². The molecule has 0 fully saturated rings. The van der Waals surface area contributed by atoms with Crippen molar-refractivity contribution in [1.82, 2.24) is 9.97 Å². The predicted molar refractivity (Wildman–Crippen MR) is 97.5 cm³/mol. The van der Waals surface area contributed by atoms with E-state index in [9.17, 15) is 0 Å². The molecule has 120 valence electrons. The van der Waals surface area contributed by atoms with E-state index in [1.54, 1.807) is 6.33 Å². The van der Waals surface area contributed by atoms with Gasteiger partial charge < -0.3 is 10.2 Å². The molecule has 0 saturated heterocycles. The molecule has 24 heavy (non-hydrogen) atoms. The molecular formula is C20H20N4. The third-order valence-corrected chi connectivity index (χ3v) is 4.42. The van der Waals surface area contributed by atoms with Gasteiger partial charge in [-0.1, -0.05) is 48.5 Å². The lowest BCUT2D eigenvalue weighted by molar-refractivity contribution is 0.749. The van der Waals surface area contributed by atoms with E-state index in [0.29, 0.717) is 6.04 Å². The van der Waals surface area contributed by atoms with Crippen LogP contribution in [0.15, 0.2) is 67.0 Å². The van der Waals surface area contributed by atoms with Gasteiger partial charge in [0.15, 0.2) is 0 Å². The summed E-state index contributed by atoms with van der Waals surface area (Å²) in [4.78, 5) is 11.2. The number of fused-ring (bicyclic) bond motifs is 1. The van der Waals surface area contributed by atoms with E-state index >= 15 is 0 Å². The van der Waals surface area contributed by atoms with Crippen LogP contribution in [-0.4, -0.2) is 16.0 Å². The van der Waals surface area contributed by atoms with Gasteiger partial charge >= 0.3 is 0 Å². The van der Waals surface area contributed by atoms with Crippen molar-refractivity contribution in [2.24, 2.45) is 0 Å². The fourth-order valence-corrected chi connectivity index (χ4v) is 3.28. The molecule has 1 aliphatic heterocycles. The summed E-state index contributed by atoms with van der Waals surface area (Å²) in [6.07, 6.45) is 2.68. The first kappa shape index (κ1) is 14.7. The second-order valence-electron chi connectivity index (χ2n) is 6.15. The maximum Gasteiger partial charge on any atom is 0.138 e. The van der Waals surface area contributed by atoms with Crippen LogP contribution in [0.25, 0.3) is 0 Å². The highest BCUT2D eigenvalue weighted by atomic mass is 15.2. The zero-order chi connectivity index (χ0) is 16.4. The largest absolute Gasteiger partial charge is 0.366 e. The minimum atomic E-state index is 0.402. The van der Waals surface area contributed by atoms with Gasteiger partial charge in [-0.3, -0.25) is 0 Å². The first-order valence-electron chi connectivity index (χ1n) is 8.28. The molecule has 3 aromatic rings. The average molecular weight is 316 g/mol. The smallest absolute Gasteiger partial charge is 0.138 e. The molecule has 1 aromatic heterocycles. The van der Waals surface area contributed by atoms with Crippen molar-refractivity contribution in [2.75, 3.05) is 10.2 Å². The van der Waals surface area contributed by atoms with Gasteiger partial charge in [0.05, 0.1) is 0 Å². The van der Waals surface area contributed by atoms with Crippen molar-refractivity contribution in [3.63, 3.8) is 0 Å². The molecular weight excluding hydrogens is 296 g/mol. The molecule has 0 amide bonds. The summed E-state index contributed by atoms with van der Waals surface area (Å²) < 4.78 is 0. The van der Waals surface area contributed by atoms with Crippen LogP contribution in [-0.2, 0) is 13.0 Å². The SMILES string of the molecule is CC1Cc2ccccc2N1c1cc(NCc2ccccc2)ncn1. The summed E-state index contributed by atoms with van der Waals surface area (Å²) in [6.45, 7) is 2.99. The zero-order valence-electron chi connectivity index (χ0n) is 13.7. The maximum absolute atomic E-state index is 4.50. The van der Waals surface area contributed by atoms with Crippen LogP contribution in [0.4, 0.5) is 17.3 Å². The van der Waals surface area contributed by atoms with Crippen molar-refractivity contribution in [3.05, 3.63) is 78.1 Å². The van der Waals surface area contributed by atoms with Crippen LogP contribution < -0.4 is 10.2 Å². The lowest BCUT2D eigenvalue weighted by atomic mass is 10.1. The van der Waals surface area contributed by atoms with E-state index in [-0.39, 0.29) is 0 Å². The highest BCUT2D eigenvalue weighted by Crippen LogP contribution is 2.37. The third-order valence-electron chi connectivity index (χ3n) is 4.42. The van der Waals surface area contributed by atoms with E-state index in [1.165, 1.54) is 16.8 Å². The molecule has 1 N–H and O–H groups in total. The Morgan fingerprint density at radius 1 is 1.04 bits per heavy atom. The fourth-order valence-electron chi connectivity index (χ4n) is 3.28. The van der Waals surface area contributed by atoms with Crippen LogP contribution >= 0.6 is 0 Å². The topological polar surface area (TPSA) is 41.0 Å². The summed E-state index contributed by atoms with van der Waals surface area (Å²) in [7, 11) is 0. The Hall–Kier alpha value is -2.88. The van der Waals surface area contributed by atoms with Gasteiger partial charge in [0, 0.05) is 24.3 Å². The molecule has 2 heterocycles. The molecule has 0 saturated carbocycles. The predicted octanol–water partition coefficient (Wildman–Crippen LogP) is 4.17. The number of nitrogens with zero attached hydrogens (tertiary/aromatic N) is 3. The Bertz CT molecular complexity index is 832. The molecule has 1 atom stereocenters. The van der Waals surface area contributed by atoms with Gasteiger partial charge in [-0.05, 0) is 30.5 Å². The Morgan fingerprint density at radius 2 is 1.83 bits per heavy atom. The van der Waals surface area contributed by atoms with Gasteiger partial charge in [-0.25, -0.2) is 9.97 Å². The Kier molecular flexibility index (Phi) is 3.87. The number of anilines is 3. The normalized spacial score (nSPS) is 16.0.